The first kappa shape index (κ1) is 18.1. The standard InChI is InChI=1S/C16H16FN5O3/c1-2-25-22-15(23)12-13(19)20-14(21-16(12)24-7-6-17)11-5-3-4-10(8-11)9-18/h3-5,8H,2,6-7H2,1H3,(H,22,23)(H2,19,20,21). The van der Waals surface area contributed by atoms with Crippen molar-refractivity contribution in [2.45, 2.75) is 6.92 Å². The fourth-order valence-corrected chi connectivity index (χ4v) is 1.96. The summed E-state index contributed by atoms with van der Waals surface area (Å²) in [5.74, 6) is -0.875. The lowest BCUT2D eigenvalue weighted by molar-refractivity contribution is 0.0361. The van der Waals surface area contributed by atoms with Crippen molar-refractivity contribution in [3.05, 3.63) is 35.4 Å². The zero-order valence-corrected chi connectivity index (χ0v) is 13.5. The fourth-order valence-electron chi connectivity index (χ4n) is 1.96. The summed E-state index contributed by atoms with van der Waals surface area (Å²) in [6, 6.07) is 8.52. The van der Waals surface area contributed by atoms with Crippen LogP contribution < -0.4 is 16.0 Å². The van der Waals surface area contributed by atoms with E-state index >= 15 is 0 Å². The number of nitriles is 1. The second-order valence-electron chi connectivity index (χ2n) is 4.71. The number of carbonyl (C=O) groups is 1. The molecule has 0 aliphatic heterocycles. The first-order valence-electron chi connectivity index (χ1n) is 7.39. The van der Waals surface area contributed by atoms with E-state index in [2.05, 4.69) is 15.4 Å². The molecule has 0 bridgehead atoms. The van der Waals surface area contributed by atoms with E-state index in [1.807, 2.05) is 6.07 Å². The Hall–Kier alpha value is -3.25. The molecule has 8 nitrogen and oxygen atoms in total. The number of nitrogens with zero attached hydrogens (tertiary/aromatic N) is 3. The van der Waals surface area contributed by atoms with Crippen LogP contribution in [-0.4, -0.2) is 35.8 Å². The van der Waals surface area contributed by atoms with Crippen LogP contribution in [0.2, 0.25) is 0 Å². The van der Waals surface area contributed by atoms with Crippen molar-refractivity contribution in [3.8, 4) is 23.3 Å². The minimum absolute atomic E-state index is 0.149. The molecule has 9 heteroatoms. The van der Waals surface area contributed by atoms with Gasteiger partial charge in [0.2, 0.25) is 5.88 Å². The van der Waals surface area contributed by atoms with E-state index in [1.54, 1.807) is 31.2 Å². The Kier molecular flexibility index (Phi) is 6.20. The van der Waals surface area contributed by atoms with Crippen LogP contribution in [0, 0.1) is 11.3 Å². The SMILES string of the molecule is CCONC(=O)c1c(N)nc(-c2cccc(C#N)c2)nc1OCCF. The maximum atomic E-state index is 12.5. The summed E-state index contributed by atoms with van der Waals surface area (Å²) in [5.41, 5.74) is 8.80. The lowest BCUT2D eigenvalue weighted by Gasteiger charge is -2.13. The number of hydrogen-bond acceptors (Lipinski definition) is 7. The normalized spacial score (nSPS) is 10.1. The first-order chi connectivity index (χ1) is 12.1. The van der Waals surface area contributed by atoms with E-state index in [0.29, 0.717) is 11.1 Å². The Morgan fingerprint density at radius 1 is 1.44 bits per heavy atom. The monoisotopic (exact) mass is 345 g/mol. The zero-order chi connectivity index (χ0) is 18.2. The molecule has 1 aromatic heterocycles. The van der Waals surface area contributed by atoms with E-state index in [-0.39, 0.29) is 36.3 Å². The van der Waals surface area contributed by atoms with Crippen molar-refractivity contribution < 1.29 is 18.8 Å². The lowest BCUT2D eigenvalue weighted by Crippen LogP contribution is -2.26. The third-order valence-electron chi connectivity index (χ3n) is 3.01. The summed E-state index contributed by atoms with van der Waals surface area (Å²) in [4.78, 5) is 25.2. The third-order valence-corrected chi connectivity index (χ3v) is 3.01. The van der Waals surface area contributed by atoms with Gasteiger partial charge in [-0.05, 0) is 19.1 Å². The van der Waals surface area contributed by atoms with Gasteiger partial charge >= 0.3 is 0 Å². The van der Waals surface area contributed by atoms with Gasteiger partial charge < -0.3 is 10.5 Å². The number of hydrogen-bond donors (Lipinski definition) is 2. The number of nitrogens with two attached hydrogens (primary N) is 1. The summed E-state index contributed by atoms with van der Waals surface area (Å²) >= 11 is 0. The molecular formula is C16H16FN5O3. The number of benzene rings is 1. The van der Waals surface area contributed by atoms with Crippen LogP contribution in [0.25, 0.3) is 11.4 Å². The summed E-state index contributed by atoms with van der Waals surface area (Å²) < 4.78 is 17.7. The van der Waals surface area contributed by atoms with Crippen molar-refractivity contribution in [3.63, 3.8) is 0 Å². The molecule has 1 amide bonds. The van der Waals surface area contributed by atoms with Crippen molar-refractivity contribution in [1.82, 2.24) is 15.4 Å². The molecule has 0 aliphatic rings. The highest BCUT2D eigenvalue weighted by atomic mass is 19.1. The zero-order valence-electron chi connectivity index (χ0n) is 13.5. The second-order valence-corrected chi connectivity index (χ2v) is 4.71. The molecule has 0 saturated heterocycles. The van der Waals surface area contributed by atoms with Crippen molar-refractivity contribution in [2.24, 2.45) is 0 Å². The molecule has 0 atom stereocenters. The number of nitrogens with one attached hydrogen (secondary N) is 1. The molecule has 0 unspecified atom stereocenters. The summed E-state index contributed by atoms with van der Waals surface area (Å²) in [7, 11) is 0. The summed E-state index contributed by atoms with van der Waals surface area (Å²) in [6.45, 7) is 0.858. The maximum Gasteiger partial charge on any atom is 0.284 e. The van der Waals surface area contributed by atoms with Gasteiger partial charge in [-0.25, -0.2) is 14.9 Å². The van der Waals surface area contributed by atoms with Crippen LogP contribution in [0.1, 0.15) is 22.8 Å². The van der Waals surface area contributed by atoms with Gasteiger partial charge in [0.05, 0.1) is 18.2 Å². The highest BCUT2D eigenvalue weighted by molar-refractivity contribution is 6.00. The topological polar surface area (TPSA) is 123 Å². The van der Waals surface area contributed by atoms with Gasteiger partial charge in [-0.1, -0.05) is 12.1 Å². The van der Waals surface area contributed by atoms with E-state index < -0.39 is 12.6 Å². The minimum Gasteiger partial charge on any atom is -0.474 e. The summed E-state index contributed by atoms with van der Waals surface area (Å²) in [5, 5.41) is 8.98. The Bertz CT molecular complexity index is 807. The molecule has 0 radical (unpaired) electrons. The minimum atomic E-state index is -0.768. The molecule has 0 spiro atoms. The maximum absolute atomic E-state index is 12.5. The first-order valence-corrected chi connectivity index (χ1v) is 7.39. The molecule has 0 saturated carbocycles. The van der Waals surface area contributed by atoms with Gasteiger partial charge in [-0.3, -0.25) is 9.63 Å². The molecule has 2 aromatic rings. The van der Waals surface area contributed by atoms with Crippen molar-refractivity contribution in [1.29, 1.82) is 5.26 Å². The Morgan fingerprint density at radius 2 is 2.24 bits per heavy atom. The molecule has 0 fully saturated rings. The van der Waals surface area contributed by atoms with Crippen molar-refractivity contribution >= 4 is 11.7 Å². The van der Waals surface area contributed by atoms with Gasteiger partial charge in [-0.15, -0.1) is 0 Å². The quantitative estimate of drug-likeness (QED) is 0.731. The number of anilines is 1. The number of halogens is 1. The van der Waals surface area contributed by atoms with Crippen LogP contribution in [0.15, 0.2) is 24.3 Å². The molecular weight excluding hydrogens is 329 g/mol. The van der Waals surface area contributed by atoms with Crippen LogP contribution in [0.3, 0.4) is 0 Å². The molecule has 25 heavy (non-hydrogen) atoms. The number of amides is 1. The molecule has 130 valence electrons. The Balaban J connectivity index is 2.48. The Morgan fingerprint density at radius 3 is 2.92 bits per heavy atom. The number of aromatic nitrogens is 2. The third kappa shape index (κ3) is 4.39. The molecule has 1 heterocycles. The van der Waals surface area contributed by atoms with E-state index in [1.165, 1.54) is 0 Å². The highest BCUT2D eigenvalue weighted by Gasteiger charge is 2.22. The van der Waals surface area contributed by atoms with Gasteiger partial charge in [0, 0.05) is 5.56 Å². The number of alkyl halides is 1. The van der Waals surface area contributed by atoms with Crippen molar-refractivity contribution in [2.75, 3.05) is 25.6 Å². The van der Waals surface area contributed by atoms with E-state index in [4.69, 9.17) is 20.6 Å². The van der Waals surface area contributed by atoms with Crippen LogP contribution in [-0.2, 0) is 4.84 Å². The van der Waals surface area contributed by atoms with Gasteiger partial charge in [0.1, 0.15) is 24.7 Å². The summed E-state index contributed by atoms with van der Waals surface area (Å²) in [6.07, 6.45) is 0. The molecule has 2 rings (SSSR count). The second kappa shape index (κ2) is 8.56. The molecule has 0 aliphatic carbocycles. The average molecular weight is 345 g/mol. The average Bonchev–Trinajstić information content (AvgIpc) is 2.64. The van der Waals surface area contributed by atoms with E-state index in [9.17, 15) is 9.18 Å². The van der Waals surface area contributed by atoms with E-state index in [0.717, 1.165) is 0 Å². The number of nitrogen functional groups attached to an aromatic ring is 1. The van der Waals surface area contributed by atoms with Crippen LogP contribution >= 0.6 is 0 Å². The number of hydroxylamine groups is 1. The number of ether oxygens (including phenoxy) is 1. The smallest absolute Gasteiger partial charge is 0.284 e. The fraction of sp³-hybridized carbons (Fsp3) is 0.250. The van der Waals surface area contributed by atoms with Gasteiger partial charge in [0.15, 0.2) is 5.82 Å². The largest absolute Gasteiger partial charge is 0.474 e. The molecule has 3 N–H and O–H groups in total. The highest BCUT2D eigenvalue weighted by Crippen LogP contribution is 2.26. The lowest BCUT2D eigenvalue weighted by atomic mass is 10.1. The van der Waals surface area contributed by atoms with Gasteiger partial charge in [-0.2, -0.15) is 10.2 Å². The number of carbonyl (C=O) groups excluding carboxylic acids is 1. The molecule has 1 aromatic carbocycles. The Labute approximate surface area is 143 Å². The van der Waals surface area contributed by atoms with Crippen LogP contribution in [0.5, 0.6) is 5.88 Å². The predicted molar refractivity (Wildman–Crippen MR) is 87.2 cm³/mol. The van der Waals surface area contributed by atoms with Gasteiger partial charge in [0.25, 0.3) is 5.91 Å². The number of rotatable bonds is 7. The van der Waals surface area contributed by atoms with Crippen LogP contribution in [0.4, 0.5) is 10.2 Å². The predicted octanol–water partition coefficient (Wildman–Crippen LogP) is 1.63.